The summed E-state index contributed by atoms with van der Waals surface area (Å²) in [5, 5.41) is 15.1. The molecule has 1 aromatic carbocycles. The fourth-order valence-electron chi connectivity index (χ4n) is 4.05. The van der Waals surface area contributed by atoms with E-state index >= 15 is 0 Å². The Morgan fingerprint density at radius 2 is 1.94 bits per heavy atom. The van der Waals surface area contributed by atoms with Crippen LogP contribution in [0, 0.1) is 6.92 Å². The van der Waals surface area contributed by atoms with Crippen LogP contribution in [-0.4, -0.2) is 24.8 Å². The Hall–Kier alpha value is -3.42. The summed E-state index contributed by atoms with van der Waals surface area (Å²) in [4.78, 5) is 11.1. The van der Waals surface area contributed by atoms with Gasteiger partial charge in [-0.05, 0) is 73.2 Å². The van der Waals surface area contributed by atoms with Crippen LogP contribution in [0.4, 0.5) is 5.69 Å². The summed E-state index contributed by atoms with van der Waals surface area (Å²) in [5.74, 6) is 0.889. The van der Waals surface area contributed by atoms with Crippen molar-refractivity contribution in [1.82, 2.24) is 19.9 Å². The lowest BCUT2D eigenvalue weighted by molar-refractivity contribution is 0.472. The summed E-state index contributed by atoms with van der Waals surface area (Å²) in [6.45, 7) is 2.01. The molecule has 6 nitrogen and oxygen atoms in total. The van der Waals surface area contributed by atoms with Gasteiger partial charge in [0.1, 0.15) is 17.6 Å². The van der Waals surface area contributed by atoms with Crippen LogP contribution in [0.1, 0.15) is 29.0 Å². The number of nitrogens with one attached hydrogen (secondary N) is 1. The van der Waals surface area contributed by atoms with Crippen molar-refractivity contribution < 1.29 is 5.11 Å². The fourth-order valence-corrected chi connectivity index (χ4v) is 4.56. The predicted octanol–water partition coefficient (Wildman–Crippen LogP) is 5.11. The zero-order chi connectivity index (χ0) is 22.2. The second-order valence-corrected chi connectivity index (χ2v) is 8.45. The van der Waals surface area contributed by atoms with Gasteiger partial charge in [-0.3, -0.25) is 4.98 Å². The monoisotopic (exact) mass is 461 g/mol. The zero-order valence-electron chi connectivity index (χ0n) is 17.2. The first-order valence-corrected chi connectivity index (χ1v) is 10.9. The number of aromatic hydroxyl groups is 1. The molecule has 0 aliphatic carbocycles. The minimum atomic E-state index is -0.306. The van der Waals surface area contributed by atoms with Crippen LogP contribution in [0.15, 0.2) is 79.3 Å². The Morgan fingerprint density at radius 1 is 1.06 bits per heavy atom. The molecule has 1 saturated heterocycles. The van der Waals surface area contributed by atoms with E-state index in [2.05, 4.69) is 15.3 Å². The molecule has 0 spiro atoms. The predicted molar refractivity (Wildman–Crippen MR) is 129 cm³/mol. The molecule has 4 aromatic rings. The molecule has 1 fully saturated rings. The average Bonchev–Trinajstić information content (AvgIpc) is 3.41. The van der Waals surface area contributed by atoms with Crippen molar-refractivity contribution in [3.05, 3.63) is 101 Å². The van der Waals surface area contributed by atoms with Crippen LogP contribution in [0.2, 0.25) is 5.02 Å². The number of anilines is 1. The lowest BCUT2D eigenvalue weighted by Crippen LogP contribution is -2.30. The highest BCUT2D eigenvalue weighted by molar-refractivity contribution is 7.80. The largest absolute Gasteiger partial charge is 0.506 e. The van der Waals surface area contributed by atoms with Gasteiger partial charge in [0, 0.05) is 29.3 Å². The Bertz CT molecular complexity index is 1280. The van der Waals surface area contributed by atoms with E-state index in [0.29, 0.717) is 15.8 Å². The molecule has 3 aromatic heterocycles. The molecular formula is C24H20ClN5OS. The van der Waals surface area contributed by atoms with E-state index in [1.165, 1.54) is 0 Å². The molecule has 8 heteroatoms. The molecule has 4 heterocycles. The van der Waals surface area contributed by atoms with Crippen molar-refractivity contribution in [2.45, 2.75) is 19.0 Å². The van der Waals surface area contributed by atoms with Gasteiger partial charge in [-0.25, -0.2) is 4.98 Å². The number of nitrogens with zero attached hydrogens (tertiary/aromatic N) is 4. The lowest BCUT2D eigenvalue weighted by Gasteiger charge is -2.29. The fraction of sp³-hybridized carbons (Fsp3) is 0.125. The Labute approximate surface area is 196 Å². The van der Waals surface area contributed by atoms with Crippen molar-refractivity contribution in [3.63, 3.8) is 0 Å². The van der Waals surface area contributed by atoms with E-state index in [9.17, 15) is 5.11 Å². The summed E-state index contributed by atoms with van der Waals surface area (Å²) >= 11 is 12.0. The van der Waals surface area contributed by atoms with E-state index in [1.54, 1.807) is 24.4 Å². The molecule has 5 rings (SSSR count). The van der Waals surface area contributed by atoms with Crippen LogP contribution in [0.3, 0.4) is 0 Å². The maximum atomic E-state index is 10.7. The van der Waals surface area contributed by atoms with Crippen molar-refractivity contribution in [2.24, 2.45) is 0 Å². The van der Waals surface area contributed by atoms with E-state index in [4.69, 9.17) is 23.8 Å². The van der Waals surface area contributed by atoms with Gasteiger partial charge in [0.2, 0.25) is 0 Å². The van der Waals surface area contributed by atoms with E-state index in [-0.39, 0.29) is 17.8 Å². The van der Waals surface area contributed by atoms with Crippen molar-refractivity contribution in [1.29, 1.82) is 0 Å². The first-order valence-electron chi connectivity index (χ1n) is 10.1. The summed E-state index contributed by atoms with van der Waals surface area (Å²) < 4.78 is 2.03. The summed E-state index contributed by atoms with van der Waals surface area (Å²) in [7, 11) is 0. The molecule has 32 heavy (non-hydrogen) atoms. The minimum Gasteiger partial charge on any atom is -0.506 e. The molecule has 2 atom stereocenters. The molecule has 2 N–H and O–H groups in total. The Morgan fingerprint density at radius 3 is 2.69 bits per heavy atom. The highest BCUT2D eigenvalue weighted by atomic mass is 35.5. The topological polar surface area (TPSA) is 66.2 Å². The summed E-state index contributed by atoms with van der Waals surface area (Å²) in [6, 6.07) is 18.2. The molecule has 0 unspecified atom stereocenters. The standard InChI is InChI=1S/C24H20ClN5OS/c1-15-7-10-21(27-14-15)29-12-4-6-18(29)23-22(17-5-2-3-11-26-17)28-24(32)30(23)19-13-16(25)8-9-20(19)31/h2-14,22-23,31H,1H3,(H,28,32)/t22-,23+/m1/s1. The molecule has 160 valence electrons. The maximum absolute atomic E-state index is 10.7. The lowest BCUT2D eigenvalue weighted by atomic mass is 10.0. The van der Waals surface area contributed by atoms with Crippen molar-refractivity contribution >= 4 is 34.6 Å². The third-order valence-corrected chi connectivity index (χ3v) is 6.07. The molecular weight excluding hydrogens is 442 g/mol. The van der Waals surface area contributed by atoms with Crippen LogP contribution >= 0.6 is 23.8 Å². The highest BCUT2D eigenvalue weighted by Crippen LogP contribution is 2.45. The first-order chi connectivity index (χ1) is 15.5. The molecule has 0 saturated carbocycles. The number of hydrogen-bond acceptors (Lipinski definition) is 4. The van der Waals surface area contributed by atoms with Gasteiger partial charge >= 0.3 is 0 Å². The SMILES string of the molecule is Cc1ccc(-n2cccc2[C@H]2[C@@H](c3ccccn3)NC(=S)N2c2cc(Cl)ccc2O)nc1. The number of rotatable bonds is 4. The third-order valence-electron chi connectivity index (χ3n) is 5.52. The van der Waals surface area contributed by atoms with Crippen LogP contribution in [-0.2, 0) is 0 Å². The molecule has 0 amide bonds. The summed E-state index contributed by atoms with van der Waals surface area (Å²) in [6.07, 6.45) is 5.57. The second-order valence-electron chi connectivity index (χ2n) is 7.63. The number of aromatic nitrogens is 3. The molecule has 0 radical (unpaired) electrons. The number of aryl methyl sites for hydroxylation is 1. The van der Waals surface area contributed by atoms with Crippen LogP contribution in [0.5, 0.6) is 5.75 Å². The Kier molecular flexibility index (Phi) is 5.28. The number of thiocarbonyl (C=S) groups is 1. The number of halogens is 1. The van der Waals surface area contributed by atoms with Crippen molar-refractivity contribution in [3.8, 4) is 11.6 Å². The number of pyridine rings is 2. The van der Waals surface area contributed by atoms with Gasteiger partial charge in [0.15, 0.2) is 5.11 Å². The van der Waals surface area contributed by atoms with Gasteiger partial charge in [-0.15, -0.1) is 0 Å². The summed E-state index contributed by atoms with van der Waals surface area (Å²) in [5.41, 5.74) is 3.41. The second kappa shape index (κ2) is 8.26. The quantitative estimate of drug-likeness (QED) is 0.411. The van der Waals surface area contributed by atoms with E-state index < -0.39 is 0 Å². The molecule has 0 bridgehead atoms. The van der Waals surface area contributed by atoms with Gasteiger partial charge in [0.05, 0.1) is 17.4 Å². The number of phenols is 1. The van der Waals surface area contributed by atoms with Crippen LogP contribution < -0.4 is 10.2 Å². The van der Waals surface area contributed by atoms with Crippen LogP contribution in [0.25, 0.3) is 5.82 Å². The van der Waals surface area contributed by atoms with E-state index in [1.807, 2.05) is 71.2 Å². The zero-order valence-corrected chi connectivity index (χ0v) is 18.8. The van der Waals surface area contributed by atoms with Gasteiger partial charge < -0.3 is 19.9 Å². The van der Waals surface area contributed by atoms with Crippen molar-refractivity contribution in [2.75, 3.05) is 4.90 Å². The normalized spacial score (nSPS) is 18.1. The van der Waals surface area contributed by atoms with Gasteiger partial charge in [-0.2, -0.15) is 0 Å². The smallest absolute Gasteiger partial charge is 0.174 e. The maximum Gasteiger partial charge on any atom is 0.174 e. The van der Waals surface area contributed by atoms with Gasteiger partial charge in [-0.1, -0.05) is 23.7 Å². The van der Waals surface area contributed by atoms with E-state index in [0.717, 1.165) is 22.8 Å². The highest BCUT2D eigenvalue weighted by Gasteiger charge is 2.43. The third kappa shape index (κ3) is 3.59. The molecule has 1 aliphatic heterocycles. The number of phenolic OH excluding ortho intramolecular Hbond substituents is 1. The number of hydrogen-bond donors (Lipinski definition) is 2. The average molecular weight is 462 g/mol. The first kappa shape index (κ1) is 20.5. The Balaban J connectivity index is 1.69. The molecule has 1 aliphatic rings. The number of benzene rings is 1. The van der Waals surface area contributed by atoms with Gasteiger partial charge in [0.25, 0.3) is 0 Å². The minimum absolute atomic E-state index is 0.0942.